The van der Waals surface area contributed by atoms with Crippen LogP contribution >= 0.6 is 0 Å². The average molecular weight is 259 g/mol. The molecule has 0 bridgehead atoms. The van der Waals surface area contributed by atoms with Gasteiger partial charge in [-0.25, -0.2) is 4.79 Å². The summed E-state index contributed by atoms with van der Waals surface area (Å²) in [7, 11) is 0. The summed E-state index contributed by atoms with van der Waals surface area (Å²) in [6, 6.07) is 0.102. The summed E-state index contributed by atoms with van der Waals surface area (Å²) >= 11 is 0. The Kier molecular flexibility index (Phi) is 9.13. The second-order valence-corrected chi connectivity index (χ2v) is 6.33. The van der Waals surface area contributed by atoms with Gasteiger partial charge in [-0.15, -0.1) is 0 Å². The van der Waals surface area contributed by atoms with Crippen LogP contribution < -0.4 is 5.32 Å². The van der Waals surface area contributed by atoms with Gasteiger partial charge in [-0.05, 0) is 24.2 Å². The molecule has 110 valence electrons. The molecule has 0 saturated carbocycles. The SMILES string of the molecule is CC.CCC(C)(C)COC(=O)NC(C)C(C)(C)C. The van der Waals surface area contributed by atoms with Crippen LogP contribution in [-0.2, 0) is 4.74 Å². The number of carbonyl (C=O) groups excluding carboxylic acids is 1. The molecule has 0 aromatic carbocycles. The van der Waals surface area contributed by atoms with Crippen molar-refractivity contribution < 1.29 is 9.53 Å². The monoisotopic (exact) mass is 259 g/mol. The molecule has 0 heterocycles. The van der Waals surface area contributed by atoms with Crippen molar-refractivity contribution in [1.29, 1.82) is 0 Å². The Bertz CT molecular complexity index is 229. The van der Waals surface area contributed by atoms with E-state index in [0.29, 0.717) is 6.61 Å². The van der Waals surface area contributed by atoms with Gasteiger partial charge in [0.25, 0.3) is 0 Å². The van der Waals surface area contributed by atoms with E-state index in [-0.39, 0.29) is 23.0 Å². The average Bonchev–Trinajstić information content (AvgIpc) is 2.28. The molecule has 0 aromatic heterocycles. The maximum Gasteiger partial charge on any atom is 0.407 e. The highest BCUT2D eigenvalue weighted by Gasteiger charge is 2.23. The van der Waals surface area contributed by atoms with Crippen molar-refractivity contribution in [3.05, 3.63) is 0 Å². The van der Waals surface area contributed by atoms with Crippen molar-refractivity contribution in [2.24, 2.45) is 10.8 Å². The highest BCUT2D eigenvalue weighted by Crippen LogP contribution is 2.21. The van der Waals surface area contributed by atoms with Crippen molar-refractivity contribution in [3.8, 4) is 0 Å². The highest BCUT2D eigenvalue weighted by atomic mass is 16.5. The molecule has 1 amide bonds. The zero-order valence-electron chi connectivity index (χ0n) is 13.8. The van der Waals surface area contributed by atoms with E-state index in [1.165, 1.54) is 0 Å². The van der Waals surface area contributed by atoms with Crippen LogP contribution in [0.4, 0.5) is 4.79 Å². The topological polar surface area (TPSA) is 38.3 Å². The first kappa shape index (κ1) is 19.6. The lowest BCUT2D eigenvalue weighted by atomic mass is 9.88. The number of amides is 1. The molecule has 3 heteroatoms. The van der Waals surface area contributed by atoms with E-state index < -0.39 is 0 Å². The van der Waals surface area contributed by atoms with Gasteiger partial charge in [-0.1, -0.05) is 55.4 Å². The lowest BCUT2D eigenvalue weighted by molar-refractivity contribution is 0.0899. The molecule has 0 saturated heterocycles. The van der Waals surface area contributed by atoms with Crippen LogP contribution in [0.2, 0.25) is 0 Å². The number of carbonyl (C=O) groups is 1. The van der Waals surface area contributed by atoms with Crippen LogP contribution in [0, 0.1) is 10.8 Å². The first-order valence-corrected chi connectivity index (χ1v) is 7.02. The van der Waals surface area contributed by atoms with E-state index in [1.807, 2.05) is 20.8 Å². The molecule has 1 unspecified atom stereocenters. The number of hydrogen-bond acceptors (Lipinski definition) is 2. The third kappa shape index (κ3) is 9.32. The molecular formula is C15H33NO2. The van der Waals surface area contributed by atoms with Crippen LogP contribution in [0.5, 0.6) is 0 Å². The quantitative estimate of drug-likeness (QED) is 0.800. The van der Waals surface area contributed by atoms with Gasteiger partial charge in [0, 0.05) is 6.04 Å². The molecule has 18 heavy (non-hydrogen) atoms. The maximum absolute atomic E-state index is 11.5. The molecule has 0 rings (SSSR count). The van der Waals surface area contributed by atoms with Gasteiger partial charge in [0.15, 0.2) is 0 Å². The number of ether oxygens (including phenoxy) is 1. The summed E-state index contributed by atoms with van der Waals surface area (Å²) in [5.41, 5.74) is 0.113. The van der Waals surface area contributed by atoms with E-state index >= 15 is 0 Å². The Morgan fingerprint density at radius 3 is 1.94 bits per heavy atom. The van der Waals surface area contributed by atoms with Crippen molar-refractivity contribution >= 4 is 6.09 Å². The minimum atomic E-state index is -0.316. The minimum Gasteiger partial charge on any atom is -0.449 e. The van der Waals surface area contributed by atoms with Crippen molar-refractivity contribution in [1.82, 2.24) is 5.32 Å². The van der Waals surface area contributed by atoms with Crippen molar-refractivity contribution in [3.63, 3.8) is 0 Å². The number of rotatable bonds is 4. The van der Waals surface area contributed by atoms with Gasteiger partial charge in [-0.2, -0.15) is 0 Å². The van der Waals surface area contributed by atoms with Crippen LogP contribution in [0.25, 0.3) is 0 Å². The molecule has 1 N–H and O–H groups in total. The standard InChI is InChI=1S/C13H27NO2.C2H6/c1-8-13(6,7)9-16-11(15)14-10(2)12(3,4)5;1-2/h10H,8-9H2,1-7H3,(H,14,15);1-2H3. The first-order chi connectivity index (χ1) is 8.08. The molecule has 0 aliphatic rings. The normalized spacial score (nSPS) is 13.2. The van der Waals surface area contributed by atoms with E-state index in [2.05, 4.69) is 46.9 Å². The van der Waals surface area contributed by atoms with Gasteiger partial charge in [0.1, 0.15) is 0 Å². The Labute approximate surface area is 114 Å². The maximum atomic E-state index is 11.5. The fraction of sp³-hybridized carbons (Fsp3) is 0.933. The largest absolute Gasteiger partial charge is 0.449 e. The summed E-state index contributed by atoms with van der Waals surface area (Å²) < 4.78 is 5.21. The van der Waals surface area contributed by atoms with Crippen LogP contribution in [-0.4, -0.2) is 18.7 Å². The fourth-order valence-electron chi connectivity index (χ4n) is 0.798. The zero-order chi connectivity index (χ0) is 15.0. The highest BCUT2D eigenvalue weighted by molar-refractivity contribution is 5.67. The molecule has 0 aromatic rings. The molecular weight excluding hydrogens is 226 g/mol. The van der Waals surface area contributed by atoms with E-state index in [9.17, 15) is 4.79 Å². The van der Waals surface area contributed by atoms with E-state index in [0.717, 1.165) is 6.42 Å². The first-order valence-electron chi connectivity index (χ1n) is 7.02. The van der Waals surface area contributed by atoms with Gasteiger partial charge in [0.05, 0.1) is 6.61 Å². The molecule has 0 aliphatic heterocycles. The third-order valence-electron chi connectivity index (χ3n) is 3.18. The Balaban J connectivity index is 0. The Hall–Kier alpha value is -0.730. The predicted octanol–water partition coefficient (Wildman–Crippen LogP) is 4.61. The number of alkyl carbamates (subject to hydrolysis) is 1. The van der Waals surface area contributed by atoms with Crippen molar-refractivity contribution in [2.45, 2.75) is 74.8 Å². The zero-order valence-corrected chi connectivity index (χ0v) is 13.8. The second-order valence-electron chi connectivity index (χ2n) is 6.33. The summed E-state index contributed by atoms with van der Waals surface area (Å²) in [5.74, 6) is 0. The van der Waals surface area contributed by atoms with Gasteiger partial charge in [-0.3, -0.25) is 0 Å². The Morgan fingerprint density at radius 2 is 1.61 bits per heavy atom. The second kappa shape index (κ2) is 8.39. The molecule has 0 aliphatic carbocycles. The van der Waals surface area contributed by atoms with Gasteiger partial charge in [0.2, 0.25) is 0 Å². The molecule has 1 atom stereocenters. The summed E-state index contributed by atoms with van der Waals surface area (Å²) in [4.78, 5) is 11.5. The van der Waals surface area contributed by atoms with Gasteiger partial charge >= 0.3 is 6.09 Å². The molecule has 3 nitrogen and oxygen atoms in total. The lowest BCUT2D eigenvalue weighted by Gasteiger charge is -2.28. The van der Waals surface area contributed by atoms with Crippen LogP contribution in [0.1, 0.15) is 68.7 Å². The molecule has 0 spiro atoms. The summed E-state index contributed by atoms with van der Waals surface area (Å²) in [6.07, 6.45) is 0.679. The van der Waals surface area contributed by atoms with Crippen LogP contribution in [0.15, 0.2) is 0 Å². The van der Waals surface area contributed by atoms with E-state index in [4.69, 9.17) is 4.74 Å². The lowest BCUT2D eigenvalue weighted by Crippen LogP contribution is -2.42. The third-order valence-corrected chi connectivity index (χ3v) is 3.18. The molecule has 0 fully saturated rings. The Morgan fingerprint density at radius 1 is 1.17 bits per heavy atom. The fourth-order valence-corrected chi connectivity index (χ4v) is 0.798. The number of nitrogens with one attached hydrogen (secondary N) is 1. The smallest absolute Gasteiger partial charge is 0.407 e. The summed E-state index contributed by atoms with van der Waals surface area (Å²) in [6.45, 7) is 19.0. The van der Waals surface area contributed by atoms with Gasteiger partial charge < -0.3 is 10.1 Å². The number of hydrogen-bond donors (Lipinski definition) is 1. The predicted molar refractivity (Wildman–Crippen MR) is 78.8 cm³/mol. The van der Waals surface area contributed by atoms with Crippen LogP contribution in [0.3, 0.4) is 0 Å². The van der Waals surface area contributed by atoms with E-state index in [1.54, 1.807) is 0 Å². The van der Waals surface area contributed by atoms with Crippen molar-refractivity contribution in [2.75, 3.05) is 6.61 Å². The summed E-state index contributed by atoms with van der Waals surface area (Å²) in [5, 5.41) is 2.86. The minimum absolute atomic E-state index is 0.0549. The molecule has 0 radical (unpaired) electrons.